The topological polar surface area (TPSA) is 69.7 Å². The molecule has 106 valence electrons. The fraction of sp³-hybridized carbons (Fsp3) is 0.615. The molecule has 0 aromatic rings. The lowest BCUT2D eigenvalue weighted by atomic mass is 9.80. The van der Waals surface area contributed by atoms with Gasteiger partial charge in [-0.3, -0.25) is 14.4 Å². The van der Waals surface area contributed by atoms with E-state index in [0.717, 1.165) is 0 Å². The van der Waals surface area contributed by atoms with Crippen LogP contribution in [0, 0.1) is 16.7 Å². The summed E-state index contributed by atoms with van der Waals surface area (Å²) in [7, 11) is 0. The van der Waals surface area contributed by atoms with Crippen LogP contribution < -0.4 is 0 Å². The molecule has 0 atom stereocenters. The standard InChI is InChI=1S/C13H17ClO5/c1-4-18-11(16)13(7-6-8-14,9-10(3)15)12(17)19-5-2/h4-5,7,9H2,1-3H3. The Morgan fingerprint density at radius 1 is 1.11 bits per heavy atom. The van der Waals surface area contributed by atoms with Crippen molar-refractivity contribution in [3.63, 3.8) is 0 Å². The van der Waals surface area contributed by atoms with Crippen LogP contribution in [0.25, 0.3) is 0 Å². The Bertz CT molecular complexity index is 387. The summed E-state index contributed by atoms with van der Waals surface area (Å²) in [5, 5.41) is 2.09. The maximum atomic E-state index is 12.0. The molecule has 0 aromatic heterocycles. The SMILES string of the molecule is CCOC(=O)C(CC#CCl)(CC(C)=O)C(=O)OCC. The summed E-state index contributed by atoms with van der Waals surface area (Å²) in [5.74, 6) is 0.466. The minimum atomic E-state index is -1.74. The van der Waals surface area contributed by atoms with Crippen molar-refractivity contribution in [1.29, 1.82) is 0 Å². The number of ketones is 1. The Morgan fingerprint density at radius 2 is 1.58 bits per heavy atom. The Morgan fingerprint density at radius 3 is 1.89 bits per heavy atom. The fourth-order valence-electron chi connectivity index (χ4n) is 1.58. The third-order valence-corrected chi connectivity index (χ3v) is 2.47. The highest BCUT2D eigenvalue weighted by molar-refractivity contribution is 6.30. The molecule has 6 heteroatoms. The summed E-state index contributed by atoms with van der Waals surface area (Å²) < 4.78 is 9.74. The first-order chi connectivity index (χ1) is 8.94. The summed E-state index contributed by atoms with van der Waals surface area (Å²) in [6.07, 6.45) is -0.538. The summed E-state index contributed by atoms with van der Waals surface area (Å²) in [5.41, 5.74) is -1.74. The van der Waals surface area contributed by atoms with E-state index in [1.165, 1.54) is 6.92 Å². The van der Waals surface area contributed by atoms with Crippen LogP contribution in [0.1, 0.15) is 33.6 Å². The number of carbonyl (C=O) groups excluding carboxylic acids is 3. The highest BCUT2D eigenvalue weighted by Crippen LogP contribution is 2.31. The molecule has 0 unspecified atom stereocenters. The second-order valence-corrected chi connectivity index (χ2v) is 4.04. The van der Waals surface area contributed by atoms with E-state index in [2.05, 4.69) is 11.3 Å². The van der Waals surface area contributed by atoms with Crippen LogP contribution in [0.15, 0.2) is 0 Å². The van der Waals surface area contributed by atoms with Crippen molar-refractivity contribution in [3.8, 4) is 11.3 Å². The molecule has 0 saturated heterocycles. The predicted octanol–water partition coefficient (Wildman–Crippen LogP) is 1.67. The van der Waals surface area contributed by atoms with Crippen LogP contribution in [0.2, 0.25) is 0 Å². The van der Waals surface area contributed by atoms with E-state index in [-0.39, 0.29) is 31.8 Å². The van der Waals surface area contributed by atoms with Gasteiger partial charge in [0.1, 0.15) is 5.78 Å². The number of Topliss-reactive ketones (excluding diaryl/α,β-unsaturated/α-hetero) is 1. The average Bonchev–Trinajstić information content (AvgIpc) is 2.34. The quantitative estimate of drug-likeness (QED) is 0.405. The van der Waals surface area contributed by atoms with Crippen LogP contribution in [-0.2, 0) is 23.9 Å². The number of rotatable bonds is 7. The van der Waals surface area contributed by atoms with E-state index >= 15 is 0 Å². The molecule has 0 aliphatic heterocycles. The smallest absolute Gasteiger partial charge is 0.324 e. The van der Waals surface area contributed by atoms with Crippen molar-refractivity contribution in [2.75, 3.05) is 13.2 Å². The van der Waals surface area contributed by atoms with Crippen molar-refractivity contribution in [1.82, 2.24) is 0 Å². The van der Waals surface area contributed by atoms with Gasteiger partial charge in [-0.25, -0.2) is 0 Å². The first kappa shape index (κ1) is 17.5. The normalized spacial score (nSPS) is 10.1. The van der Waals surface area contributed by atoms with Gasteiger partial charge < -0.3 is 9.47 Å². The molecule has 0 radical (unpaired) electrons. The zero-order valence-electron chi connectivity index (χ0n) is 11.2. The van der Waals surface area contributed by atoms with E-state index < -0.39 is 17.4 Å². The van der Waals surface area contributed by atoms with Gasteiger partial charge in [-0.05, 0) is 32.4 Å². The predicted molar refractivity (Wildman–Crippen MR) is 69.2 cm³/mol. The molecule has 0 heterocycles. The first-order valence-corrected chi connectivity index (χ1v) is 6.24. The number of hydrogen-bond acceptors (Lipinski definition) is 5. The highest BCUT2D eigenvalue weighted by Gasteiger charge is 2.49. The molecule has 0 saturated carbocycles. The third kappa shape index (κ3) is 4.92. The van der Waals surface area contributed by atoms with E-state index in [4.69, 9.17) is 21.1 Å². The molecule has 0 amide bonds. The van der Waals surface area contributed by atoms with E-state index in [0.29, 0.717) is 0 Å². The molecule has 0 aliphatic rings. The maximum Gasteiger partial charge on any atom is 0.324 e. The molecule has 0 aliphatic carbocycles. The molecule has 19 heavy (non-hydrogen) atoms. The molecule has 5 nitrogen and oxygen atoms in total. The van der Waals surface area contributed by atoms with Crippen molar-refractivity contribution >= 4 is 29.3 Å². The zero-order chi connectivity index (χ0) is 14.9. The Kier molecular flexibility index (Phi) is 7.85. The molecular formula is C13H17ClO5. The number of ether oxygens (including phenoxy) is 2. The number of halogens is 1. The van der Waals surface area contributed by atoms with E-state index in [1.807, 2.05) is 0 Å². The van der Waals surface area contributed by atoms with Crippen LogP contribution in [0.3, 0.4) is 0 Å². The van der Waals surface area contributed by atoms with Gasteiger partial charge in [-0.1, -0.05) is 5.92 Å². The average molecular weight is 289 g/mol. The minimum absolute atomic E-state index is 0.0895. The summed E-state index contributed by atoms with van der Waals surface area (Å²) in [6.45, 7) is 4.67. The van der Waals surface area contributed by atoms with Crippen LogP contribution >= 0.6 is 11.6 Å². The lowest BCUT2D eigenvalue weighted by Crippen LogP contribution is -2.43. The van der Waals surface area contributed by atoms with Gasteiger partial charge in [0.15, 0.2) is 5.41 Å². The second-order valence-electron chi connectivity index (χ2n) is 3.85. The van der Waals surface area contributed by atoms with Crippen molar-refractivity contribution in [2.24, 2.45) is 5.41 Å². The highest BCUT2D eigenvalue weighted by atomic mass is 35.5. The van der Waals surface area contributed by atoms with E-state index in [1.54, 1.807) is 13.8 Å². The summed E-state index contributed by atoms with van der Waals surface area (Å²) >= 11 is 5.26. The Hall–Kier alpha value is -1.54. The third-order valence-electron chi connectivity index (χ3n) is 2.34. The summed E-state index contributed by atoms with van der Waals surface area (Å²) in [6, 6.07) is 0. The molecule has 0 fully saturated rings. The van der Waals surface area contributed by atoms with Gasteiger partial charge >= 0.3 is 11.9 Å². The van der Waals surface area contributed by atoms with Gasteiger partial charge in [0.05, 0.1) is 13.2 Å². The molecule has 0 bridgehead atoms. The van der Waals surface area contributed by atoms with Crippen LogP contribution in [0.5, 0.6) is 0 Å². The summed E-state index contributed by atoms with van der Waals surface area (Å²) in [4.78, 5) is 35.4. The molecule has 0 N–H and O–H groups in total. The molecule has 0 rings (SSSR count). The molecular weight excluding hydrogens is 272 g/mol. The van der Waals surface area contributed by atoms with E-state index in [9.17, 15) is 14.4 Å². The van der Waals surface area contributed by atoms with Gasteiger partial charge in [0, 0.05) is 18.2 Å². The van der Waals surface area contributed by atoms with Gasteiger partial charge in [0.2, 0.25) is 0 Å². The monoisotopic (exact) mass is 288 g/mol. The zero-order valence-corrected chi connectivity index (χ0v) is 12.0. The minimum Gasteiger partial charge on any atom is -0.465 e. The molecule has 0 spiro atoms. The maximum absolute atomic E-state index is 12.0. The van der Waals surface area contributed by atoms with Gasteiger partial charge in [-0.15, -0.1) is 0 Å². The van der Waals surface area contributed by atoms with Crippen molar-refractivity contribution in [2.45, 2.75) is 33.6 Å². The van der Waals surface area contributed by atoms with Gasteiger partial charge in [-0.2, -0.15) is 0 Å². The lowest BCUT2D eigenvalue weighted by molar-refractivity contribution is -0.173. The molecule has 0 aromatic carbocycles. The fourth-order valence-corrected chi connectivity index (χ4v) is 1.65. The van der Waals surface area contributed by atoms with Crippen molar-refractivity contribution in [3.05, 3.63) is 0 Å². The largest absolute Gasteiger partial charge is 0.465 e. The van der Waals surface area contributed by atoms with Crippen molar-refractivity contribution < 1.29 is 23.9 Å². The number of carbonyl (C=O) groups is 3. The van der Waals surface area contributed by atoms with Crippen LogP contribution in [0.4, 0.5) is 0 Å². The Labute approximate surface area is 117 Å². The number of esters is 2. The Balaban J connectivity index is 5.52. The number of hydrogen-bond donors (Lipinski definition) is 0. The van der Waals surface area contributed by atoms with Gasteiger partial charge in [0.25, 0.3) is 0 Å². The first-order valence-electron chi connectivity index (χ1n) is 5.87. The lowest BCUT2D eigenvalue weighted by Gasteiger charge is -2.26. The van der Waals surface area contributed by atoms with Crippen LogP contribution in [-0.4, -0.2) is 30.9 Å². The second kappa shape index (κ2) is 8.54.